The molecule has 2 amide bonds. The summed E-state index contributed by atoms with van der Waals surface area (Å²) >= 11 is 7.88. The molecule has 0 bridgehead atoms. The summed E-state index contributed by atoms with van der Waals surface area (Å²) in [5, 5.41) is 3.42. The van der Waals surface area contributed by atoms with Gasteiger partial charge < -0.3 is 14.6 Å². The van der Waals surface area contributed by atoms with Gasteiger partial charge in [-0.3, -0.25) is 14.5 Å². The highest BCUT2D eigenvalue weighted by Crippen LogP contribution is 2.30. The van der Waals surface area contributed by atoms with Gasteiger partial charge in [0.2, 0.25) is 5.91 Å². The number of hydrogen-bond donors (Lipinski definition) is 1. The Hall–Kier alpha value is -2.61. The monoisotopic (exact) mass is 457 g/mol. The van der Waals surface area contributed by atoms with Crippen molar-refractivity contribution in [2.24, 2.45) is 0 Å². The Bertz CT molecular complexity index is 1070. The van der Waals surface area contributed by atoms with Crippen LogP contribution in [0.4, 0.5) is 0 Å². The average Bonchev–Trinajstić information content (AvgIpc) is 3.41. The third kappa shape index (κ3) is 5.36. The molecule has 4 rings (SSSR count). The molecule has 0 unspecified atom stereocenters. The van der Waals surface area contributed by atoms with Crippen LogP contribution < -0.4 is 5.32 Å². The van der Waals surface area contributed by atoms with E-state index in [-0.39, 0.29) is 18.4 Å². The van der Waals surface area contributed by atoms with Gasteiger partial charge in [0.25, 0.3) is 5.91 Å². The van der Waals surface area contributed by atoms with Gasteiger partial charge >= 0.3 is 0 Å². The van der Waals surface area contributed by atoms with Gasteiger partial charge in [0.15, 0.2) is 0 Å². The molecule has 0 atom stereocenters. The van der Waals surface area contributed by atoms with Crippen molar-refractivity contribution in [2.45, 2.75) is 13.5 Å². The van der Waals surface area contributed by atoms with Crippen molar-refractivity contribution in [1.29, 1.82) is 0 Å². The first-order valence-electron chi connectivity index (χ1n) is 10.2. The molecule has 31 heavy (non-hydrogen) atoms. The molecule has 0 saturated carbocycles. The summed E-state index contributed by atoms with van der Waals surface area (Å²) in [5.74, 6) is 0.200. The number of carbonyl (C=O) groups is 2. The maximum Gasteiger partial charge on any atom is 0.255 e. The molecule has 2 aromatic heterocycles. The molecular formula is C23H24ClN3O3S. The topological polar surface area (TPSA) is 65.8 Å². The molecule has 0 aliphatic carbocycles. The van der Waals surface area contributed by atoms with E-state index >= 15 is 0 Å². The smallest absolute Gasteiger partial charge is 0.255 e. The predicted molar refractivity (Wildman–Crippen MR) is 122 cm³/mol. The summed E-state index contributed by atoms with van der Waals surface area (Å²) in [4.78, 5) is 31.3. The number of carbonyl (C=O) groups excluding carboxylic acids is 2. The Morgan fingerprint density at radius 2 is 1.94 bits per heavy atom. The minimum atomic E-state index is -0.286. The van der Waals surface area contributed by atoms with Crippen LogP contribution in [-0.4, -0.2) is 54.3 Å². The molecule has 0 spiro atoms. The highest BCUT2D eigenvalue weighted by Gasteiger charge is 2.22. The van der Waals surface area contributed by atoms with Gasteiger partial charge in [-0.1, -0.05) is 23.7 Å². The molecule has 1 saturated heterocycles. The fourth-order valence-corrected chi connectivity index (χ4v) is 4.86. The molecule has 1 aliphatic rings. The Labute approximate surface area is 190 Å². The van der Waals surface area contributed by atoms with Crippen molar-refractivity contribution in [1.82, 2.24) is 15.1 Å². The highest BCUT2D eigenvalue weighted by atomic mass is 35.5. The van der Waals surface area contributed by atoms with Gasteiger partial charge in [0, 0.05) is 47.5 Å². The summed E-state index contributed by atoms with van der Waals surface area (Å²) < 4.78 is 5.13. The molecule has 0 radical (unpaired) electrons. The Morgan fingerprint density at radius 3 is 2.65 bits per heavy atom. The quantitative estimate of drug-likeness (QED) is 0.606. The summed E-state index contributed by atoms with van der Waals surface area (Å²) in [6.45, 7) is 5.52. The normalized spacial score (nSPS) is 14.6. The third-order valence-corrected chi connectivity index (χ3v) is 6.73. The largest absolute Gasteiger partial charge is 0.469 e. The number of furan rings is 1. The van der Waals surface area contributed by atoms with Crippen molar-refractivity contribution in [3.05, 3.63) is 70.0 Å². The number of nitrogens with one attached hydrogen (secondary N) is 1. The van der Waals surface area contributed by atoms with Gasteiger partial charge in [-0.25, -0.2) is 0 Å². The van der Waals surface area contributed by atoms with E-state index in [1.54, 1.807) is 24.3 Å². The fraction of sp³-hybridized carbons (Fsp3) is 0.304. The van der Waals surface area contributed by atoms with Crippen molar-refractivity contribution >= 4 is 34.8 Å². The number of aryl methyl sites for hydroxylation is 1. The van der Waals surface area contributed by atoms with E-state index in [1.807, 2.05) is 23.1 Å². The number of nitrogens with zero attached hydrogens (tertiary/aromatic N) is 2. The fourth-order valence-electron chi connectivity index (χ4n) is 3.62. The number of hydrogen-bond acceptors (Lipinski definition) is 5. The molecular weight excluding hydrogens is 434 g/mol. The summed E-state index contributed by atoms with van der Waals surface area (Å²) in [7, 11) is 0. The molecule has 1 fully saturated rings. The van der Waals surface area contributed by atoms with Gasteiger partial charge in [0.1, 0.15) is 5.76 Å². The maximum absolute atomic E-state index is 12.5. The van der Waals surface area contributed by atoms with Crippen molar-refractivity contribution in [2.75, 3.05) is 32.7 Å². The molecule has 1 aliphatic heterocycles. The number of benzene rings is 1. The van der Waals surface area contributed by atoms with Crippen LogP contribution in [0.15, 0.2) is 53.1 Å². The Morgan fingerprint density at radius 1 is 1.13 bits per heavy atom. The van der Waals surface area contributed by atoms with Gasteiger partial charge in [0.05, 0.1) is 18.4 Å². The summed E-state index contributed by atoms with van der Waals surface area (Å²) in [5.41, 5.74) is 1.59. The lowest BCUT2D eigenvalue weighted by Gasteiger charge is -2.34. The molecule has 6 nitrogen and oxygen atoms in total. The van der Waals surface area contributed by atoms with Gasteiger partial charge in [-0.15, -0.1) is 11.3 Å². The van der Waals surface area contributed by atoms with Crippen LogP contribution in [-0.2, 0) is 11.3 Å². The first kappa shape index (κ1) is 21.6. The summed E-state index contributed by atoms with van der Waals surface area (Å²) in [6.07, 6.45) is 1.47. The number of rotatable bonds is 6. The van der Waals surface area contributed by atoms with Crippen LogP contribution in [0.25, 0.3) is 10.4 Å². The van der Waals surface area contributed by atoms with Gasteiger partial charge in [-0.05, 0) is 42.8 Å². The second kappa shape index (κ2) is 9.68. The van der Waals surface area contributed by atoms with Crippen LogP contribution in [0.3, 0.4) is 0 Å². The number of piperazine rings is 1. The number of halogens is 1. The lowest BCUT2D eigenvalue weighted by Crippen LogP contribution is -2.50. The van der Waals surface area contributed by atoms with E-state index in [0.29, 0.717) is 24.4 Å². The van der Waals surface area contributed by atoms with E-state index < -0.39 is 0 Å². The van der Waals surface area contributed by atoms with Crippen molar-refractivity contribution < 1.29 is 14.0 Å². The SMILES string of the molecule is Cc1occc1C(=O)NCC(=O)N1CCN(Cc2ccc(-c3cccc(Cl)c3)s2)CC1. The van der Waals surface area contributed by atoms with Crippen LogP contribution in [0.1, 0.15) is 21.0 Å². The average molecular weight is 458 g/mol. The molecule has 3 aromatic rings. The zero-order valence-corrected chi connectivity index (χ0v) is 18.8. The third-order valence-electron chi connectivity index (χ3n) is 5.38. The molecule has 162 valence electrons. The second-order valence-corrected chi connectivity index (χ2v) is 9.11. The standard InChI is InChI=1S/C23H24ClN3O3S/c1-16-20(7-12-30-16)23(29)25-14-22(28)27-10-8-26(9-11-27)15-19-5-6-21(31-19)17-3-2-4-18(24)13-17/h2-7,12-13H,8-11,14-15H2,1H3,(H,25,29). The predicted octanol–water partition coefficient (Wildman–Crippen LogP) is 4.04. The maximum atomic E-state index is 12.5. The molecule has 8 heteroatoms. The van der Waals surface area contributed by atoms with E-state index in [9.17, 15) is 9.59 Å². The Balaban J connectivity index is 1.24. The highest BCUT2D eigenvalue weighted by molar-refractivity contribution is 7.15. The molecule has 1 N–H and O–H groups in total. The van der Waals surface area contributed by atoms with E-state index in [0.717, 1.165) is 30.2 Å². The van der Waals surface area contributed by atoms with Crippen LogP contribution >= 0.6 is 22.9 Å². The minimum Gasteiger partial charge on any atom is -0.469 e. The van der Waals surface area contributed by atoms with Gasteiger partial charge in [-0.2, -0.15) is 0 Å². The minimum absolute atomic E-state index is 0.00261. The zero-order valence-electron chi connectivity index (χ0n) is 17.3. The Kier molecular flexibility index (Phi) is 6.75. The second-order valence-electron chi connectivity index (χ2n) is 7.51. The van der Waals surface area contributed by atoms with Crippen molar-refractivity contribution in [3.63, 3.8) is 0 Å². The number of amides is 2. The molecule has 3 heterocycles. The first-order chi connectivity index (χ1) is 15.0. The number of thiophene rings is 1. The van der Waals surface area contributed by atoms with E-state index in [1.165, 1.54) is 16.0 Å². The molecule has 1 aromatic carbocycles. The van der Waals surface area contributed by atoms with E-state index in [2.05, 4.69) is 28.4 Å². The summed E-state index contributed by atoms with van der Waals surface area (Å²) in [6, 6.07) is 13.8. The van der Waals surface area contributed by atoms with E-state index in [4.69, 9.17) is 16.0 Å². The first-order valence-corrected chi connectivity index (χ1v) is 11.4. The zero-order chi connectivity index (χ0) is 21.8. The van der Waals surface area contributed by atoms with Crippen LogP contribution in [0.5, 0.6) is 0 Å². The van der Waals surface area contributed by atoms with Crippen LogP contribution in [0.2, 0.25) is 5.02 Å². The lowest BCUT2D eigenvalue weighted by molar-refractivity contribution is -0.131. The van der Waals surface area contributed by atoms with Crippen LogP contribution in [0, 0.1) is 6.92 Å². The lowest BCUT2D eigenvalue weighted by atomic mass is 10.2. The van der Waals surface area contributed by atoms with Crippen molar-refractivity contribution in [3.8, 4) is 10.4 Å².